The number of halogens is 1. The number of amides is 1. The van der Waals surface area contributed by atoms with Crippen LogP contribution >= 0.6 is 11.6 Å². The number of aryl methyl sites for hydroxylation is 1. The van der Waals surface area contributed by atoms with Crippen molar-refractivity contribution in [2.24, 2.45) is 5.10 Å². The van der Waals surface area contributed by atoms with Gasteiger partial charge in [0.25, 0.3) is 5.91 Å². The molecule has 0 saturated carbocycles. The average Bonchev–Trinajstić information content (AvgIpc) is 2.90. The van der Waals surface area contributed by atoms with Crippen LogP contribution < -0.4 is 10.2 Å². The Morgan fingerprint density at radius 2 is 1.61 bits per heavy atom. The molecule has 4 aromatic carbocycles. The maximum absolute atomic E-state index is 13.4. The van der Waals surface area contributed by atoms with Crippen LogP contribution in [0.25, 0.3) is 0 Å². The van der Waals surface area contributed by atoms with E-state index in [2.05, 4.69) is 10.5 Å². The average molecular weight is 548 g/mol. The van der Waals surface area contributed by atoms with Crippen LogP contribution in [0.15, 0.2) is 113 Å². The van der Waals surface area contributed by atoms with Gasteiger partial charge in [-0.15, -0.1) is 0 Å². The van der Waals surface area contributed by atoms with Gasteiger partial charge in [0.1, 0.15) is 11.5 Å². The normalized spacial score (nSPS) is 11.6. The summed E-state index contributed by atoms with van der Waals surface area (Å²) in [7, 11) is -3.99. The molecule has 0 aliphatic heterocycles. The number of para-hydroxylation sites is 1. The van der Waals surface area contributed by atoms with Gasteiger partial charge in [0.05, 0.1) is 17.7 Å². The van der Waals surface area contributed by atoms with Gasteiger partial charge in [-0.1, -0.05) is 71.8 Å². The predicted molar refractivity (Wildman–Crippen MR) is 149 cm³/mol. The lowest BCUT2D eigenvalue weighted by Gasteiger charge is -2.21. The molecule has 9 heteroatoms. The molecule has 194 valence electrons. The number of nitrogens with one attached hydrogen (secondary N) is 1. The second kappa shape index (κ2) is 12.5. The van der Waals surface area contributed by atoms with E-state index in [9.17, 15) is 13.2 Å². The van der Waals surface area contributed by atoms with Crippen LogP contribution in [0.1, 0.15) is 16.7 Å². The predicted octanol–water partition coefficient (Wildman–Crippen LogP) is 5.78. The lowest BCUT2D eigenvalue weighted by Crippen LogP contribution is -2.39. The molecule has 0 saturated heterocycles. The molecule has 1 amide bonds. The highest BCUT2D eigenvalue weighted by atomic mass is 35.5. The minimum Gasteiger partial charge on any atom is -0.457 e. The van der Waals surface area contributed by atoms with Crippen molar-refractivity contribution in [3.05, 3.63) is 125 Å². The molecule has 0 atom stereocenters. The Balaban J connectivity index is 1.45. The van der Waals surface area contributed by atoms with Gasteiger partial charge in [-0.3, -0.25) is 4.79 Å². The Bertz CT molecular complexity index is 1510. The Kier molecular flexibility index (Phi) is 8.91. The van der Waals surface area contributed by atoms with Gasteiger partial charge >= 0.3 is 0 Å². The van der Waals surface area contributed by atoms with E-state index in [1.54, 1.807) is 6.07 Å². The zero-order valence-corrected chi connectivity index (χ0v) is 22.2. The van der Waals surface area contributed by atoms with E-state index in [4.69, 9.17) is 16.3 Å². The lowest BCUT2D eigenvalue weighted by molar-refractivity contribution is -0.121. The van der Waals surface area contributed by atoms with Crippen molar-refractivity contribution in [3.8, 4) is 11.5 Å². The summed E-state index contributed by atoms with van der Waals surface area (Å²) in [5, 5.41) is 4.42. The van der Waals surface area contributed by atoms with E-state index < -0.39 is 22.5 Å². The summed E-state index contributed by atoms with van der Waals surface area (Å²) < 4.78 is 33.7. The molecule has 0 bridgehead atoms. The van der Waals surface area contributed by atoms with Crippen LogP contribution in [-0.2, 0) is 21.4 Å². The zero-order chi connectivity index (χ0) is 27.0. The lowest BCUT2D eigenvalue weighted by atomic mass is 10.1. The molecule has 4 rings (SSSR count). The van der Waals surface area contributed by atoms with E-state index in [0.717, 1.165) is 15.4 Å². The Hall–Kier alpha value is -3.98. The maximum Gasteiger partial charge on any atom is 0.255 e. The number of hydrogen-bond donors (Lipinski definition) is 1. The van der Waals surface area contributed by atoms with Gasteiger partial charge in [-0.2, -0.15) is 9.41 Å². The summed E-state index contributed by atoms with van der Waals surface area (Å²) in [4.78, 5) is 12.8. The van der Waals surface area contributed by atoms with Crippen molar-refractivity contribution in [2.45, 2.75) is 18.4 Å². The summed E-state index contributed by atoms with van der Waals surface area (Å²) in [6, 6.07) is 29.8. The standard InChI is InChI=1S/C29H26ClN3O4S/c1-22-10-12-23(13-11-22)20-33(38(35,36)28-16-14-25(30)15-17-28)21-29(34)32-31-19-24-6-5-9-27(18-24)37-26-7-3-2-4-8-26/h2-19H,20-21H2,1H3,(H,32,34)/b31-19-. The molecule has 0 aliphatic carbocycles. The van der Waals surface area contributed by atoms with Crippen molar-refractivity contribution >= 4 is 33.7 Å². The highest BCUT2D eigenvalue weighted by Crippen LogP contribution is 2.22. The Morgan fingerprint density at radius 3 is 2.32 bits per heavy atom. The summed E-state index contributed by atoms with van der Waals surface area (Å²) in [5.41, 5.74) is 4.92. The fourth-order valence-corrected chi connectivity index (χ4v) is 5.05. The molecule has 0 aliphatic rings. The molecule has 0 unspecified atom stereocenters. The summed E-state index contributed by atoms with van der Waals surface area (Å²) in [5.74, 6) is 0.734. The largest absolute Gasteiger partial charge is 0.457 e. The van der Waals surface area contributed by atoms with Crippen LogP contribution in [0.3, 0.4) is 0 Å². The van der Waals surface area contributed by atoms with Crippen molar-refractivity contribution in [3.63, 3.8) is 0 Å². The summed E-state index contributed by atoms with van der Waals surface area (Å²) in [6.45, 7) is 1.54. The van der Waals surface area contributed by atoms with Crippen molar-refractivity contribution in [1.82, 2.24) is 9.73 Å². The SMILES string of the molecule is Cc1ccc(CN(CC(=O)N/N=C\c2cccc(Oc3ccccc3)c2)S(=O)(=O)c2ccc(Cl)cc2)cc1. The Labute approximate surface area is 227 Å². The van der Waals surface area contributed by atoms with E-state index in [1.807, 2.05) is 79.7 Å². The first kappa shape index (κ1) is 27.1. The fraction of sp³-hybridized carbons (Fsp3) is 0.103. The number of rotatable bonds is 10. The highest BCUT2D eigenvalue weighted by molar-refractivity contribution is 7.89. The summed E-state index contributed by atoms with van der Waals surface area (Å²) in [6.07, 6.45) is 1.47. The van der Waals surface area contributed by atoms with Gasteiger partial charge in [0, 0.05) is 11.6 Å². The van der Waals surface area contributed by atoms with Crippen molar-refractivity contribution in [2.75, 3.05) is 6.54 Å². The number of nitrogens with zero attached hydrogens (tertiary/aromatic N) is 2. The minimum atomic E-state index is -3.99. The van der Waals surface area contributed by atoms with Crippen LogP contribution in [0.2, 0.25) is 5.02 Å². The van der Waals surface area contributed by atoms with E-state index >= 15 is 0 Å². The number of hydrogen-bond acceptors (Lipinski definition) is 5. The molecule has 38 heavy (non-hydrogen) atoms. The monoisotopic (exact) mass is 547 g/mol. The minimum absolute atomic E-state index is 0.0151. The third kappa shape index (κ3) is 7.52. The molecule has 4 aromatic rings. The third-order valence-electron chi connectivity index (χ3n) is 5.49. The first-order valence-electron chi connectivity index (χ1n) is 11.8. The quantitative estimate of drug-likeness (QED) is 0.201. The second-order valence-corrected chi connectivity index (χ2v) is 10.9. The van der Waals surface area contributed by atoms with E-state index in [-0.39, 0.29) is 11.4 Å². The second-order valence-electron chi connectivity index (χ2n) is 8.49. The van der Waals surface area contributed by atoms with Crippen LogP contribution in [0.5, 0.6) is 11.5 Å². The first-order chi connectivity index (χ1) is 18.3. The fourth-order valence-electron chi connectivity index (χ4n) is 3.54. The number of carbonyl (C=O) groups excluding carboxylic acids is 1. The number of ether oxygens (including phenoxy) is 1. The van der Waals surface area contributed by atoms with E-state index in [0.29, 0.717) is 22.1 Å². The molecule has 7 nitrogen and oxygen atoms in total. The van der Waals surface area contributed by atoms with Crippen molar-refractivity contribution < 1.29 is 17.9 Å². The highest BCUT2D eigenvalue weighted by Gasteiger charge is 2.27. The molecular weight excluding hydrogens is 522 g/mol. The molecule has 1 N–H and O–H groups in total. The number of benzene rings is 4. The van der Waals surface area contributed by atoms with Crippen molar-refractivity contribution in [1.29, 1.82) is 0 Å². The van der Waals surface area contributed by atoms with Gasteiger partial charge in [-0.25, -0.2) is 13.8 Å². The van der Waals surface area contributed by atoms with Crippen LogP contribution in [0, 0.1) is 6.92 Å². The Morgan fingerprint density at radius 1 is 0.921 bits per heavy atom. The van der Waals surface area contributed by atoms with Gasteiger partial charge < -0.3 is 4.74 Å². The molecule has 0 spiro atoms. The molecule has 0 radical (unpaired) electrons. The van der Waals surface area contributed by atoms with Gasteiger partial charge in [0.2, 0.25) is 10.0 Å². The summed E-state index contributed by atoms with van der Waals surface area (Å²) >= 11 is 5.93. The number of sulfonamides is 1. The first-order valence-corrected chi connectivity index (χ1v) is 13.6. The molecule has 0 heterocycles. The molecular formula is C29H26ClN3O4S. The van der Waals surface area contributed by atoms with Crippen LogP contribution in [0.4, 0.5) is 0 Å². The number of carbonyl (C=O) groups is 1. The van der Waals surface area contributed by atoms with E-state index in [1.165, 1.54) is 30.5 Å². The van der Waals surface area contributed by atoms with Gasteiger partial charge in [-0.05, 0) is 66.6 Å². The zero-order valence-electron chi connectivity index (χ0n) is 20.6. The number of hydrazone groups is 1. The smallest absolute Gasteiger partial charge is 0.255 e. The third-order valence-corrected chi connectivity index (χ3v) is 7.55. The maximum atomic E-state index is 13.4. The molecule has 0 fully saturated rings. The van der Waals surface area contributed by atoms with Gasteiger partial charge in [0.15, 0.2) is 0 Å². The molecule has 0 aromatic heterocycles. The topological polar surface area (TPSA) is 88.1 Å². The van der Waals surface area contributed by atoms with Crippen LogP contribution in [-0.4, -0.2) is 31.4 Å².